The second-order valence-corrected chi connectivity index (χ2v) is 4.93. The molecule has 0 N–H and O–H groups in total. The van der Waals surface area contributed by atoms with Crippen LogP contribution in [-0.2, 0) is 4.74 Å². The van der Waals surface area contributed by atoms with E-state index in [-0.39, 0.29) is 5.69 Å². The van der Waals surface area contributed by atoms with Crippen molar-refractivity contribution in [1.29, 1.82) is 0 Å². The van der Waals surface area contributed by atoms with Crippen LogP contribution < -0.4 is 10.5 Å². The number of rotatable bonds is 1. The first-order valence-electron chi connectivity index (χ1n) is 5.55. The molecule has 0 unspecified atom stereocenters. The molecule has 2 aromatic heterocycles. The molecule has 18 heavy (non-hydrogen) atoms. The van der Waals surface area contributed by atoms with Crippen molar-refractivity contribution in [2.24, 2.45) is 0 Å². The number of aromatic nitrogens is 3. The molecule has 0 radical (unpaired) electrons. The lowest BCUT2D eigenvalue weighted by Gasteiger charge is -2.25. The molecule has 1 aliphatic heterocycles. The van der Waals surface area contributed by atoms with Gasteiger partial charge in [-0.2, -0.15) is 8.91 Å². The summed E-state index contributed by atoms with van der Waals surface area (Å²) < 4.78 is 19.7. The lowest BCUT2D eigenvalue weighted by molar-refractivity contribution is 0.122. The highest BCUT2D eigenvalue weighted by molar-refractivity contribution is 7.20. The molecular weight excluding hydrogens is 259 g/mol. The van der Waals surface area contributed by atoms with Crippen molar-refractivity contribution in [3.05, 3.63) is 21.9 Å². The van der Waals surface area contributed by atoms with Gasteiger partial charge in [-0.25, -0.2) is 4.98 Å². The molecule has 3 heterocycles. The lowest BCUT2D eigenvalue weighted by Crippen LogP contribution is -2.36. The predicted molar refractivity (Wildman–Crippen MR) is 64.9 cm³/mol. The van der Waals surface area contributed by atoms with E-state index in [4.69, 9.17) is 4.74 Å². The van der Waals surface area contributed by atoms with Crippen LogP contribution in [0, 0.1) is 12.7 Å². The van der Waals surface area contributed by atoms with Crippen molar-refractivity contribution in [2.45, 2.75) is 6.92 Å². The van der Waals surface area contributed by atoms with Gasteiger partial charge >= 0.3 is 5.56 Å². The Bertz CT molecular complexity index is 647. The highest BCUT2D eigenvalue weighted by atomic mass is 32.1. The summed E-state index contributed by atoms with van der Waals surface area (Å²) in [5.41, 5.74) is -0.634. The van der Waals surface area contributed by atoms with E-state index in [1.165, 1.54) is 18.3 Å². The van der Waals surface area contributed by atoms with Gasteiger partial charge < -0.3 is 9.64 Å². The van der Waals surface area contributed by atoms with Crippen LogP contribution in [0.4, 0.5) is 9.52 Å². The van der Waals surface area contributed by atoms with Crippen LogP contribution in [0.1, 0.15) is 5.69 Å². The maximum Gasteiger partial charge on any atom is 0.311 e. The fourth-order valence-corrected chi connectivity index (χ4v) is 2.79. The van der Waals surface area contributed by atoms with Crippen LogP contribution in [0.5, 0.6) is 0 Å². The number of morpholine rings is 1. The van der Waals surface area contributed by atoms with E-state index in [1.54, 1.807) is 0 Å². The maximum atomic E-state index is 13.4. The Labute approximate surface area is 106 Å². The maximum absolute atomic E-state index is 13.4. The normalized spacial score (nSPS) is 16.4. The molecule has 1 aliphatic rings. The molecule has 1 fully saturated rings. The number of nitrogens with zero attached hydrogens (tertiary/aromatic N) is 4. The highest BCUT2D eigenvalue weighted by Crippen LogP contribution is 2.22. The summed E-state index contributed by atoms with van der Waals surface area (Å²) in [6.07, 6.45) is 0. The Morgan fingerprint density at radius 3 is 2.83 bits per heavy atom. The van der Waals surface area contributed by atoms with Gasteiger partial charge in [0.05, 0.1) is 18.9 Å². The second kappa shape index (κ2) is 4.29. The first-order valence-corrected chi connectivity index (χ1v) is 6.37. The fourth-order valence-electron chi connectivity index (χ4n) is 1.80. The van der Waals surface area contributed by atoms with E-state index >= 15 is 0 Å². The molecule has 3 rings (SSSR count). The third-order valence-corrected chi connectivity index (χ3v) is 3.76. The molecule has 6 nitrogen and oxygen atoms in total. The Morgan fingerprint density at radius 1 is 1.39 bits per heavy atom. The molecule has 96 valence electrons. The fraction of sp³-hybridized carbons (Fsp3) is 0.500. The number of ether oxygens (including phenoxy) is 1. The van der Waals surface area contributed by atoms with Crippen LogP contribution in [0.2, 0.25) is 0 Å². The third kappa shape index (κ3) is 1.77. The quantitative estimate of drug-likeness (QED) is 0.752. The third-order valence-electron chi connectivity index (χ3n) is 2.79. The number of anilines is 1. The van der Waals surface area contributed by atoms with Gasteiger partial charge in [-0.05, 0) is 6.92 Å². The van der Waals surface area contributed by atoms with Gasteiger partial charge in [-0.3, -0.25) is 4.79 Å². The zero-order chi connectivity index (χ0) is 12.7. The van der Waals surface area contributed by atoms with Crippen molar-refractivity contribution >= 4 is 21.4 Å². The number of aryl methyl sites for hydroxylation is 1. The highest BCUT2D eigenvalue weighted by Gasteiger charge is 2.18. The van der Waals surface area contributed by atoms with Crippen LogP contribution in [-0.4, -0.2) is 40.9 Å². The van der Waals surface area contributed by atoms with Gasteiger partial charge in [0.1, 0.15) is 0 Å². The second-order valence-electron chi connectivity index (χ2n) is 3.99. The van der Waals surface area contributed by atoms with Gasteiger partial charge in [-0.1, -0.05) is 11.3 Å². The molecule has 8 heteroatoms. The Balaban J connectivity index is 2.10. The van der Waals surface area contributed by atoms with Gasteiger partial charge in [0.25, 0.3) is 0 Å². The summed E-state index contributed by atoms with van der Waals surface area (Å²) >= 11 is 1.29. The minimum Gasteiger partial charge on any atom is -0.378 e. The molecule has 0 spiro atoms. The van der Waals surface area contributed by atoms with Crippen LogP contribution in [0.25, 0.3) is 4.96 Å². The first-order chi connectivity index (χ1) is 8.66. The molecule has 0 aliphatic carbocycles. The standard InChI is InChI=1S/C10H11FN4O2S/c1-6-7(11)8(16)15-9(12-6)18-10(13-15)14-2-4-17-5-3-14/h2-5H2,1H3. The summed E-state index contributed by atoms with van der Waals surface area (Å²) in [6.45, 7) is 4.17. The van der Waals surface area contributed by atoms with E-state index in [9.17, 15) is 9.18 Å². The largest absolute Gasteiger partial charge is 0.378 e. The van der Waals surface area contributed by atoms with Gasteiger partial charge in [-0.15, -0.1) is 5.10 Å². The van der Waals surface area contributed by atoms with Crippen LogP contribution >= 0.6 is 11.3 Å². The van der Waals surface area contributed by atoms with E-state index in [1.807, 2.05) is 4.90 Å². The number of hydrogen-bond donors (Lipinski definition) is 0. The predicted octanol–water partition coefficient (Wildman–Crippen LogP) is 0.435. The summed E-state index contributed by atoms with van der Waals surface area (Å²) in [5.74, 6) is -0.841. The minimum atomic E-state index is -0.841. The topological polar surface area (TPSA) is 59.7 Å². The molecule has 0 atom stereocenters. The van der Waals surface area contributed by atoms with Crippen molar-refractivity contribution in [3.63, 3.8) is 0 Å². The summed E-state index contributed by atoms with van der Waals surface area (Å²) in [6, 6.07) is 0. The summed E-state index contributed by atoms with van der Waals surface area (Å²) in [4.78, 5) is 18.2. The molecule has 0 bridgehead atoms. The Kier molecular flexibility index (Phi) is 2.75. The molecule has 2 aromatic rings. The smallest absolute Gasteiger partial charge is 0.311 e. The number of hydrogen-bond acceptors (Lipinski definition) is 6. The van der Waals surface area contributed by atoms with Crippen molar-refractivity contribution in [2.75, 3.05) is 31.2 Å². The molecular formula is C10H11FN4O2S. The van der Waals surface area contributed by atoms with Crippen molar-refractivity contribution < 1.29 is 9.13 Å². The zero-order valence-corrected chi connectivity index (χ0v) is 10.5. The van der Waals surface area contributed by atoms with E-state index in [0.29, 0.717) is 23.3 Å². The minimum absolute atomic E-state index is 0.108. The van der Waals surface area contributed by atoms with Crippen LogP contribution in [0.3, 0.4) is 0 Å². The monoisotopic (exact) mass is 270 g/mol. The van der Waals surface area contributed by atoms with Gasteiger partial charge in [0.2, 0.25) is 15.9 Å². The molecule has 0 aromatic carbocycles. The average Bonchev–Trinajstić information content (AvgIpc) is 2.81. The lowest BCUT2D eigenvalue weighted by atomic mass is 10.4. The van der Waals surface area contributed by atoms with E-state index in [0.717, 1.165) is 17.6 Å². The van der Waals surface area contributed by atoms with Gasteiger partial charge in [0, 0.05) is 13.1 Å². The van der Waals surface area contributed by atoms with Gasteiger partial charge in [0.15, 0.2) is 0 Å². The van der Waals surface area contributed by atoms with Crippen LogP contribution in [0.15, 0.2) is 4.79 Å². The zero-order valence-electron chi connectivity index (χ0n) is 9.72. The number of halogens is 1. The Hall–Kier alpha value is -1.54. The molecule has 1 saturated heterocycles. The SMILES string of the molecule is Cc1nc2sc(N3CCOCC3)nn2c(=O)c1F. The van der Waals surface area contributed by atoms with Crippen molar-refractivity contribution in [3.8, 4) is 0 Å². The van der Waals surface area contributed by atoms with E-state index < -0.39 is 11.4 Å². The molecule has 0 amide bonds. The number of fused-ring (bicyclic) bond motifs is 1. The molecule has 0 saturated carbocycles. The summed E-state index contributed by atoms with van der Waals surface area (Å²) in [7, 11) is 0. The average molecular weight is 270 g/mol. The Morgan fingerprint density at radius 2 is 2.11 bits per heavy atom. The van der Waals surface area contributed by atoms with E-state index in [2.05, 4.69) is 10.1 Å². The van der Waals surface area contributed by atoms with Crippen molar-refractivity contribution in [1.82, 2.24) is 14.6 Å². The summed E-state index contributed by atoms with van der Waals surface area (Å²) in [5, 5.41) is 4.80. The first kappa shape index (κ1) is 11.5.